The Kier molecular flexibility index (Phi) is 4.64. The third-order valence-corrected chi connectivity index (χ3v) is 7.77. The van der Waals surface area contributed by atoms with E-state index in [1.165, 1.54) is 12.3 Å². The molecule has 28 heavy (non-hydrogen) atoms. The van der Waals surface area contributed by atoms with E-state index in [0.717, 1.165) is 12.1 Å². The molecule has 0 fully saturated rings. The van der Waals surface area contributed by atoms with E-state index in [2.05, 4.69) is 0 Å². The molecule has 0 aliphatic carbocycles. The molecule has 0 atom stereocenters. The van der Waals surface area contributed by atoms with Gasteiger partial charge in [-0.05, 0) is 18.2 Å². The van der Waals surface area contributed by atoms with E-state index in [1.54, 1.807) is 48.5 Å². The van der Waals surface area contributed by atoms with Gasteiger partial charge in [-0.25, -0.2) is 0 Å². The third-order valence-electron chi connectivity index (χ3n) is 4.72. The van der Waals surface area contributed by atoms with E-state index in [0.29, 0.717) is 27.1 Å². The van der Waals surface area contributed by atoms with Crippen molar-refractivity contribution in [2.24, 2.45) is 0 Å². The lowest BCUT2D eigenvalue weighted by molar-refractivity contribution is -0.137. The van der Waals surface area contributed by atoms with Crippen LogP contribution in [0.1, 0.15) is 11.1 Å². The largest absolute Gasteiger partial charge is 0.464 e. The molecule has 3 aromatic carbocycles. The van der Waals surface area contributed by atoms with E-state index in [1.807, 2.05) is 12.1 Å². The van der Waals surface area contributed by atoms with Gasteiger partial charge in [0, 0.05) is 27.7 Å². The van der Waals surface area contributed by atoms with E-state index in [4.69, 9.17) is 4.42 Å². The van der Waals surface area contributed by atoms with E-state index >= 15 is 0 Å². The molecule has 0 N–H and O–H groups in total. The van der Waals surface area contributed by atoms with Gasteiger partial charge >= 0.3 is 6.18 Å². The minimum Gasteiger partial charge on any atom is -0.464 e. The van der Waals surface area contributed by atoms with Crippen LogP contribution in [0.15, 0.2) is 89.5 Å². The van der Waals surface area contributed by atoms with Gasteiger partial charge in [0.2, 0.25) is 0 Å². The minimum absolute atomic E-state index is 0.0787. The van der Waals surface area contributed by atoms with Crippen LogP contribution in [0.25, 0.3) is 11.0 Å². The zero-order chi connectivity index (χ0) is 19.8. The molecule has 0 saturated carbocycles. The quantitative estimate of drug-likeness (QED) is 0.396. The van der Waals surface area contributed by atoms with Crippen molar-refractivity contribution in [1.29, 1.82) is 0 Å². The highest BCUT2D eigenvalue weighted by Crippen LogP contribution is 2.48. The Morgan fingerprint density at radius 1 is 0.821 bits per heavy atom. The summed E-state index contributed by atoms with van der Waals surface area (Å²) in [6.07, 6.45) is -2.97. The van der Waals surface area contributed by atoms with Crippen molar-refractivity contribution in [1.82, 2.24) is 0 Å². The monoisotopic (exact) mass is 400 g/mol. The predicted molar refractivity (Wildman–Crippen MR) is 105 cm³/mol. The van der Waals surface area contributed by atoms with Crippen molar-refractivity contribution in [3.8, 4) is 0 Å². The van der Waals surface area contributed by atoms with Gasteiger partial charge in [-0.1, -0.05) is 60.7 Å². The van der Waals surface area contributed by atoms with Crippen LogP contribution in [0.2, 0.25) is 0 Å². The predicted octanol–water partition coefficient (Wildman–Crippen LogP) is 5.97. The Balaban J connectivity index is 1.85. The van der Waals surface area contributed by atoms with Crippen molar-refractivity contribution in [3.63, 3.8) is 0 Å². The molecule has 0 bridgehead atoms. The summed E-state index contributed by atoms with van der Waals surface area (Å²) in [5, 5.41) is 1.65. The average molecular weight is 400 g/mol. The first-order valence-electron chi connectivity index (χ1n) is 8.65. The van der Waals surface area contributed by atoms with E-state index in [-0.39, 0.29) is 6.16 Å². The summed E-state index contributed by atoms with van der Waals surface area (Å²) in [4.78, 5) is 0. The van der Waals surface area contributed by atoms with Gasteiger partial charge in [-0.3, -0.25) is 0 Å². The van der Waals surface area contributed by atoms with Crippen molar-refractivity contribution in [2.45, 2.75) is 12.3 Å². The van der Waals surface area contributed by atoms with Crippen molar-refractivity contribution >= 4 is 28.7 Å². The fourth-order valence-corrected chi connectivity index (χ4v) is 5.99. The Morgan fingerprint density at radius 2 is 1.39 bits per heavy atom. The highest BCUT2D eigenvalue weighted by atomic mass is 31.2. The molecule has 2 nitrogen and oxygen atoms in total. The molecule has 0 aliphatic rings. The second-order valence-corrected chi connectivity index (χ2v) is 9.37. The molecular formula is C22H16F3O2P. The summed E-state index contributed by atoms with van der Waals surface area (Å²) in [5.74, 6) is 0. The van der Waals surface area contributed by atoms with Crippen LogP contribution >= 0.6 is 7.14 Å². The Labute approximate surface area is 160 Å². The van der Waals surface area contributed by atoms with Crippen LogP contribution in [-0.4, -0.2) is 0 Å². The minimum atomic E-state index is -4.45. The van der Waals surface area contributed by atoms with Crippen molar-refractivity contribution < 1.29 is 22.2 Å². The Bertz CT molecular complexity index is 1110. The van der Waals surface area contributed by atoms with Gasteiger partial charge in [0.25, 0.3) is 0 Å². The molecule has 0 amide bonds. The van der Waals surface area contributed by atoms with Crippen LogP contribution in [0, 0.1) is 0 Å². The van der Waals surface area contributed by atoms with Gasteiger partial charge in [-0.15, -0.1) is 0 Å². The maximum atomic E-state index is 14.1. The smallest absolute Gasteiger partial charge is 0.416 e. The first-order valence-corrected chi connectivity index (χ1v) is 10.5. The SMILES string of the molecule is O=P(Cc1coc2ccc(C(F)(F)F)cc12)(c1ccccc1)c1ccccc1. The molecule has 0 spiro atoms. The first-order chi connectivity index (χ1) is 13.4. The number of rotatable bonds is 4. The second kappa shape index (κ2) is 6.99. The van der Waals surface area contributed by atoms with Crippen molar-refractivity contribution in [3.05, 3.63) is 96.3 Å². The zero-order valence-electron chi connectivity index (χ0n) is 14.7. The standard InChI is InChI=1S/C22H16F3O2P/c23-22(24,25)17-11-12-21-20(13-17)16(14-27-21)15-28(26,18-7-3-1-4-8-18)19-9-5-2-6-10-19/h1-14H,15H2. The van der Waals surface area contributed by atoms with E-state index in [9.17, 15) is 17.7 Å². The van der Waals surface area contributed by atoms with Gasteiger partial charge in [0.15, 0.2) is 0 Å². The lowest BCUT2D eigenvalue weighted by atomic mass is 10.1. The fourth-order valence-electron chi connectivity index (χ4n) is 3.29. The summed E-state index contributed by atoms with van der Waals surface area (Å²) in [6, 6.07) is 21.4. The molecule has 6 heteroatoms. The molecule has 1 heterocycles. The molecule has 0 aliphatic heterocycles. The number of hydrogen-bond donors (Lipinski definition) is 0. The molecular weight excluding hydrogens is 384 g/mol. The lowest BCUT2D eigenvalue weighted by Crippen LogP contribution is -2.17. The first kappa shape index (κ1) is 18.6. The Morgan fingerprint density at radius 3 is 1.93 bits per heavy atom. The fraction of sp³-hybridized carbons (Fsp3) is 0.0909. The molecule has 1 aromatic heterocycles. The lowest BCUT2D eigenvalue weighted by Gasteiger charge is -2.19. The summed E-state index contributed by atoms with van der Waals surface area (Å²) >= 11 is 0. The topological polar surface area (TPSA) is 30.2 Å². The number of halogens is 3. The van der Waals surface area contributed by atoms with Gasteiger partial charge in [-0.2, -0.15) is 13.2 Å². The van der Waals surface area contributed by atoms with Crippen LogP contribution in [-0.2, 0) is 16.9 Å². The van der Waals surface area contributed by atoms with Crippen LogP contribution < -0.4 is 10.6 Å². The van der Waals surface area contributed by atoms with Gasteiger partial charge < -0.3 is 8.98 Å². The van der Waals surface area contributed by atoms with Crippen LogP contribution in [0.3, 0.4) is 0 Å². The van der Waals surface area contributed by atoms with Crippen LogP contribution in [0.5, 0.6) is 0 Å². The number of alkyl halides is 3. The summed E-state index contributed by atoms with van der Waals surface area (Å²) in [5.41, 5.74) is 0.0877. The maximum absolute atomic E-state index is 14.1. The number of hydrogen-bond acceptors (Lipinski definition) is 2. The Hall–Kier alpha value is -2.78. The zero-order valence-corrected chi connectivity index (χ0v) is 15.6. The number of furan rings is 1. The number of benzene rings is 3. The van der Waals surface area contributed by atoms with E-state index < -0.39 is 18.9 Å². The molecule has 0 unspecified atom stereocenters. The average Bonchev–Trinajstić information content (AvgIpc) is 3.10. The van der Waals surface area contributed by atoms with Gasteiger partial charge in [0.1, 0.15) is 12.7 Å². The summed E-state index contributed by atoms with van der Waals surface area (Å²) in [7, 11) is -3.11. The van der Waals surface area contributed by atoms with Gasteiger partial charge in [0.05, 0.1) is 11.8 Å². The summed E-state index contributed by atoms with van der Waals surface area (Å²) < 4.78 is 59.0. The molecule has 142 valence electrons. The highest BCUT2D eigenvalue weighted by Gasteiger charge is 2.32. The molecule has 0 saturated heterocycles. The highest BCUT2D eigenvalue weighted by molar-refractivity contribution is 7.78. The number of fused-ring (bicyclic) bond motifs is 1. The van der Waals surface area contributed by atoms with Crippen molar-refractivity contribution in [2.75, 3.05) is 0 Å². The van der Waals surface area contributed by atoms with Crippen LogP contribution in [0.4, 0.5) is 13.2 Å². The second-order valence-electron chi connectivity index (χ2n) is 6.54. The third kappa shape index (κ3) is 3.38. The maximum Gasteiger partial charge on any atom is 0.416 e. The normalized spacial score (nSPS) is 12.4. The molecule has 4 rings (SSSR count). The molecule has 0 radical (unpaired) electrons. The molecule has 4 aromatic rings. The summed E-state index contributed by atoms with van der Waals surface area (Å²) in [6.45, 7) is 0.